The molecule has 4 rings (SSSR count). The predicted octanol–water partition coefficient (Wildman–Crippen LogP) is 3.63. The average Bonchev–Trinajstić information content (AvgIpc) is 3.24. The summed E-state index contributed by atoms with van der Waals surface area (Å²) in [5.41, 5.74) is 4.33. The predicted molar refractivity (Wildman–Crippen MR) is 117 cm³/mol. The minimum Gasteiger partial charge on any atom is -0.373 e. The molecule has 0 saturated carbocycles. The first-order chi connectivity index (χ1) is 14.7. The molecule has 1 unspecified atom stereocenters. The fourth-order valence-corrected chi connectivity index (χ4v) is 3.72. The van der Waals surface area contributed by atoms with Gasteiger partial charge >= 0.3 is 0 Å². The van der Waals surface area contributed by atoms with E-state index < -0.39 is 0 Å². The summed E-state index contributed by atoms with van der Waals surface area (Å²) in [6, 6.07) is 22.4. The van der Waals surface area contributed by atoms with Gasteiger partial charge in [-0.3, -0.25) is 4.90 Å². The topological polar surface area (TPSA) is 71.8 Å². The standard InChI is InChI=1S/C23H25N7/c1-17-10-7-8-14-20(17)30-23(26-27-28-30)21(18-11-5-4-6-12-18)29(3)16-19-13-9-15-25-22(19)24-2/h4-15,21H,16H2,1-3H3,(H,24,25). The third-order valence-corrected chi connectivity index (χ3v) is 5.19. The van der Waals surface area contributed by atoms with Crippen molar-refractivity contribution >= 4 is 5.82 Å². The molecule has 1 atom stereocenters. The molecule has 0 amide bonds. The van der Waals surface area contributed by atoms with Gasteiger partial charge in [0.15, 0.2) is 5.82 Å². The quantitative estimate of drug-likeness (QED) is 0.512. The van der Waals surface area contributed by atoms with Crippen LogP contribution in [-0.2, 0) is 6.54 Å². The lowest BCUT2D eigenvalue weighted by atomic mass is 10.0. The molecule has 152 valence electrons. The molecule has 2 heterocycles. The van der Waals surface area contributed by atoms with E-state index in [1.54, 1.807) is 6.20 Å². The van der Waals surface area contributed by atoms with Crippen molar-refractivity contribution in [3.8, 4) is 5.69 Å². The highest BCUT2D eigenvalue weighted by molar-refractivity contribution is 5.43. The van der Waals surface area contributed by atoms with Crippen LogP contribution in [0, 0.1) is 6.92 Å². The van der Waals surface area contributed by atoms with Gasteiger partial charge in [-0.2, -0.15) is 4.68 Å². The molecule has 7 heteroatoms. The largest absolute Gasteiger partial charge is 0.373 e. The maximum Gasteiger partial charge on any atom is 0.178 e. The number of nitrogens with one attached hydrogen (secondary N) is 1. The molecule has 30 heavy (non-hydrogen) atoms. The molecule has 0 spiro atoms. The van der Waals surface area contributed by atoms with E-state index in [0.717, 1.165) is 34.0 Å². The van der Waals surface area contributed by atoms with Crippen molar-refractivity contribution in [1.29, 1.82) is 0 Å². The summed E-state index contributed by atoms with van der Waals surface area (Å²) < 4.78 is 1.84. The SMILES string of the molecule is CNc1ncccc1CN(C)C(c1ccccc1)c1nnnn1-c1ccccc1C. The summed E-state index contributed by atoms with van der Waals surface area (Å²) in [4.78, 5) is 6.68. The Bertz CT molecular complexity index is 1110. The van der Waals surface area contributed by atoms with Crippen molar-refractivity contribution in [2.24, 2.45) is 0 Å². The number of para-hydroxylation sites is 1. The van der Waals surface area contributed by atoms with E-state index >= 15 is 0 Å². The van der Waals surface area contributed by atoms with Crippen LogP contribution >= 0.6 is 0 Å². The maximum absolute atomic E-state index is 4.44. The van der Waals surface area contributed by atoms with Crippen molar-refractivity contribution in [3.63, 3.8) is 0 Å². The maximum atomic E-state index is 4.44. The minimum absolute atomic E-state index is 0.134. The van der Waals surface area contributed by atoms with E-state index in [1.165, 1.54) is 0 Å². The molecular formula is C23H25N7. The molecule has 0 radical (unpaired) electrons. The highest BCUT2D eigenvalue weighted by atomic mass is 15.6. The van der Waals surface area contributed by atoms with Crippen LogP contribution in [0.4, 0.5) is 5.82 Å². The van der Waals surface area contributed by atoms with Gasteiger partial charge in [0.2, 0.25) is 0 Å². The molecule has 0 bridgehead atoms. The van der Waals surface area contributed by atoms with Gasteiger partial charge in [0.05, 0.1) is 11.7 Å². The molecule has 2 aromatic heterocycles. The van der Waals surface area contributed by atoms with Gasteiger partial charge in [0.1, 0.15) is 5.82 Å². The molecular weight excluding hydrogens is 374 g/mol. The number of hydrogen-bond acceptors (Lipinski definition) is 6. The minimum atomic E-state index is -0.134. The van der Waals surface area contributed by atoms with Crippen LogP contribution in [0.1, 0.15) is 28.6 Å². The molecule has 0 fully saturated rings. The number of aryl methyl sites for hydroxylation is 1. The van der Waals surface area contributed by atoms with Crippen molar-refractivity contribution in [3.05, 3.63) is 95.4 Å². The second-order valence-electron chi connectivity index (χ2n) is 7.22. The molecule has 7 nitrogen and oxygen atoms in total. The molecule has 0 saturated heterocycles. The number of rotatable bonds is 7. The normalized spacial score (nSPS) is 12.1. The second-order valence-corrected chi connectivity index (χ2v) is 7.22. The Balaban J connectivity index is 1.78. The van der Waals surface area contributed by atoms with E-state index in [2.05, 4.69) is 69.0 Å². The monoisotopic (exact) mass is 399 g/mol. The first kappa shape index (κ1) is 19.7. The van der Waals surface area contributed by atoms with E-state index in [0.29, 0.717) is 6.54 Å². The van der Waals surface area contributed by atoms with E-state index in [1.807, 2.05) is 54.2 Å². The Morgan fingerprint density at radius 1 is 1.00 bits per heavy atom. The Kier molecular flexibility index (Phi) is 5.81. The summed E-state index contributed by atoms with van der Waals surface area (Å²) in [7, 11) is 3.97. The lowest BCUT2D eigenvalue weighted by molar-refractivity contribution is 0.258. The molecule has 1 N–H and O–H groups in total. The van der Waals surface area contributed by atoms with Gasteiger partial charge in [-0.05, 0) is 47.7 Å². The van der Waals surface area contributed by atoms with Crippen LogP contribution in [0.5, 0.6) is 0 Å². The van der Waals surface area contributed by atoms with Crippen LogP contribution in [0.15, 0.2) is 72.9 Å². The molecule has 4 aromatic rings. The number of nitrogens with zero attached hydrogens (tertiary/aromatic N) is 6. The lowest BCUT2D eigenvalue weighted by Gasteiger charge is -2.28. The van der Waals surface area contributed by atoms with Gasteiger partial charge in [-0.15, -0.1) is 5.10 Å². The Morgan fingerprint density at radius 2 is 1.77 bits per heavy atom. The third-order valence-electron chi connectivity index (χ3n) is 5.19. The zero-order chi connectivity index (χ0) is 20.9. The van der Waals surface area contributed by atoms with Gasteiger partial charge in [0, 0.05) is 25.4 Å². The first-order valence-corrected chi connectivity index (χ1v) is 9.90. The van der Waals surface area contributed by atoms with E-state index in [9.17, 15) is 0 Å². The Morgan fingerprint density at radius 3 is 2.53 bits per heavy atom. The van der Waals surface area contributed by atoms with E-state index in [4.69, 9.17) is 0 Å². The Labute approximate surface area is 176 Å². The average molecular weight is 400 g/mol. The second kappa shape index (κ2) is 8.84. The van der Waals surface area contributed by atoms with Crippen molar-refractivity contribution < 1.29 is 0 Å². The number of tetrazole rings is 1. The zero-order valence-corrected chi connectivity index (χ0v) is 17.4. The number of anilines is 1. The van der Waals surface area contributed by atoms with Crippen LogP contribution in [0.25, 0.3) is 5.69 Å². The van der Waals surface area contributed by atoms with Crippen molar-refractivity contribution in [2.45, 2.75) is 19.5 Å². The molecule has 0 aliphatic heterocycles. The van der Waals surface area contributed by atoms with Gasteiger partial charge in [-0.25, -0.2) is 4.98 Å². The van der Waals surface area contributed by atoms with Crippen molar-refractivity contribution in [2.75, 3.05) is 19.4 Å². The fraction of sp³-hybridized carbons (Fsp3) is 0.217. The van der Waals surface area contributed by atoms with Gasteiger partial charge < -0.3 is 5.32 Å². The fourth-order valence-electron chi connectivity index (χ4n) is 3.72. The smallest absolute Gasteiger partial charge is 0.178 e. The summed E-state index contributed by atoms with van der Waals surface area (Å²) in [5.74, 6) is 1.64. The number of hydrogen-bond donors (Lipinski definition) is 1. The highest BCUT2D eigenvalue weighted by Crippen LogP contribution is 2.30. The van der Waals surface area contributed by atoms with Crippen LogP contribution in [0.3, 0.4) is 0 Å². The van der Waals surface area contributed by atoms with Crippen LogP contribution < -0.4 is 5.32 Å². The first-order valence-electron chi connectivity index (χ1n) is 9.90. The zero-order valence-electron chi connectivity index (χ0n) is 17.4. The van der Waals surface area contributed by atoms with Crippen LogP contribution in [-0.4, -0.2) is 44.2 Å². The summed E-state index contributed by atoms with van der Waals surface area (Å²) in [6.45, 7) is 2.75. The molecule has 2 aromatic carbocycles. The number of aromatic nitrogens is 5. The van der Waals surface area contributed by atoms with E-state index in [-0.39, 0.29) is 6.04 Å². The summed E-state index contributed by atoms with van der Waals surface area (Å²) in [5, 5.41) is 16.0. The molecule has 0 aliphatic carbocycles. The highest BCUT2D eigenvalue weighted by Gasteiger charge is 2.27. The Hall–Kier alpha value is -3.58. The molecule has 0 aliphatic rings. The van der Waals surface area contributed by atoms with Crippen LogP contribution in [0.2, 0.25) is 0 Å². The summed E-state index contributed by atoms with van der Waals surface area (Å²) in [6.07, 6.45) is 1.79. The third kappa shape index (κ3) is 3.92. The summed E-state index contributed by atoms with van der Waals surface area (Å²) >= 11 is 0. The van der Waals surface area contributed by atoms with Gasteiger partial charge in [0.25, 0.3) is 0 Å². The lowest BCUT2D eigenvalue weighted by Crippen LogP contribution is -2.28. The van der Waals surface area contributed by atoms with Gasteiger partial charge in [-0.1, -0.05) is 54.6 Å². The number of pyridine rings is 1. The number of benzene rings is 2. The van der Waals surface area contributed by atoms with Crippen molar-refractivity contribution in [1.82, 2.24) is 30.1 Å².